The number of anilines is 1. The molecule has 1 aromatic carbocycles. The molecule has 3 aliphatic heterocycles. The van der Waals surface area contributed by atoms with Crippen LogP contribution in [0.25, 0.3) is 0 Å². The lowest BCUT2D eigenvalue weighted by molar-refractivity contribution is -0.148. The standard InChI is InChI=1S/C26H27BrF6N4O5/c27-11-7-14(25(41)36-3-5-42-6-4-36)22(15(8-11)26(31,32)33)37-10-12(9-17(37)38)34-23(39)18-13-1-2-16(28)19(29)21(13)35-24(40)20(18)30/h7-8,12-13,16,18-21H,1-6,9-10H2,(H,34,39)(H,35,40)/t12-,13?,16?,18?,19?,20?,21?/m1/s1. The number of halogens is 7. The number of amides is 4. The number of fused-ring (bicyclic) bond motifs is 1. The van der Waals surface area contributed by atoms with Gasteiger partial charge in [0, 0.05) is 30.5 Å². The number of nitrogens with zero attached hydrogens (tertiary/aromatic N) is 2. The smallest absolute Gasteiger partial charge is 0.378 e. The Morgan fingerprint density at radius 3 is 2.43 bits per heavy atom. The van der Waals surface area contributed by atoms with E-state index >= 15 is 0 Å². The fraction of sp³-hybridized carbons (Fsp3) is 0.615. The minimum absolute atomic E-state index is 0.0417. The van der Waals surface area contributed by atoms with Crippen LogP contribution in [0.2, 0.25) is 0 Å². The Kier molecular flexibility index (Phi) is 8.49. The average molecular weight is 669 g/mol. The summed E-state index contributed by atoms with van der Waals surface area (Å²) in [5.41, 5.74) is -2.31. The molecule has 16 heteroatoms. The highest BCUT2D eigenvalue weighted by atomic mass is 79.9. The van der Waals surface area contributed by atoms with E-state index in [0.717, 1.165) is 11.0 Å². The lowest BCUT2D eigenvalue weighted by Gasteiger charge is -2.44. The number of benzene rings is 1. The second-order valence-electron chi connectivity index (χ2n) is 10.8. The Balaban J connectivity index is 1.42. The Morgan fingerprint density at radius 2 is 1.76 bits per heavy atom. The maximum atomic E-state index is 15.0. The molecule has 0 bridgehead atoms. The average Bonchev–Trinajstić information content (AvgIpc) is 3.30. The molecular formula is C26H27BrF6N4O5. The van der Waals surface area contributed by atoms with Crippen LogP contribution in [0.15, 0.2) is 16.6 Å². The van der Waals surface area contributed by atoms with E-state index in [1.807, 2.05) is 0 Å². The predicted octanol–water partition coefficient (Wildman–Crippen LogP) is 2.70. The van der Waals surface area contributed by atoms with Crippen molar-refractivity contribution in [1.82, 2.24) is 15.5 Å². The van der Waals surface area contributed by atoms with Gasteiger partial charge in [0.25, 0.3) is 11.8 Å². The fourth-order valence-electron chi connectivity index (χ4n) is 6.22. The molecular weight excluding hydrogens is 642 g/mol. The molecule has 42 heavy (non-hydrogen) atoms. The summed E-state index contributed by atoms with van der Waals surface area (Å²) in [7, 11) is 0. The van der Waals surface area contributed by atoms with Crippen molar-refractivity contribution >= 4 is 45.2 Å². The minimum atomic E-state index is -4.97. The maximum Gasteiger partial charge on any atom is 0.418 e. The van der Waals surface area contributed by atoms with Crippen molar-refractivity contribution in [3.05, 3.63) is 27.7 Å². The van der Waals surface area contributed by atoms with Gasteiger partial charge in [-0.05, 0) is 30.9 Å². The van der Waals surface area contributed by atoms with Crippen molar-refractivity contribution in [2.75, 3.05) is 37.7 Å². The molecule has 2 N–H and O–H groups in total. The Labute approximate surface area is 244 Å². The number of alkyl halides is 6. The summed E-state index contributed by atoms with van der Waals surface area (Å²) in [6.07, 6.45) is -12.2. The molecule has 4 amide bonds. The van der Waals surface area contributed by atoms with Gasteiger partial charge in [0.15, 0.2) is 12.3 Å². The highest BCUT2D eigenvalue weighted by Crippen LogP contribution is 2.43. The van der Waals surface area contributed by atoms with E-state index in [-0.39, 0.29) is 49.2 Å². The van der Waals surface area contributed by atoms with E-state index in [1.165, 1.54) is 11.0 Å². The molecule has 1 aliphatic carbocycles. The topological polar surface area (TPSA) is 108 Å². The zero-order valence-corrected chi connectivity index (χ0v) is 23.5. The summed E-state index contributed by atoms with van der Waals surface area (Å²) in [5.74, 6) is -6.63. The van der Waals surface area contributed by atoms with Gasteiger partial charge in [-0.25, -0.2) is 13.2 Å². The summed E-state index contributed by atoms with van der Waals surface area (Å²) in [6.45, 7) is 0.140. The third-order valence-corrected chi connectivity index (χ3v) is 8.67. The molecule has 230 valence electrons. The summed E-state index contributed by atoms with van der Waals surface area (Å²) in [6, 6.07) is -0.606. The van der Waals surface area contributed by atoms with E-state index in [4.69, 9.17) is 4.74 Å². The second kappa shape index (κ2) is 11.7. The van der Waals surface area contributed by atoms with Gasteiger partial charge in [-0.15, -0.1) is 0 Å². The molecule has 9 nitrogen and oxygen atoms in total. The molecule has 3 saturated heterocycles. The first-order valence-corrected chi connectivity index (χ1v) is 14.2. The van der Waals surface area contributed by atoms with Gasteiger partial charge in [-0.3, -0.25) is 19.2 Å². The van der Waals surface area contributed by atoms with Crippen LogP contribution in [0.1, 0.15) is 35.2 Å². The molecule has 0 radical (unpaired) electrons. The van der Waals surface area contributed by atoms with E-state index in [9.17, 15) is 45.5 Å². The SMILES string of the molecule is O=C1NC2C(F)C(F)CCC2C(C(=O)N[C@@H]2CC(=O)N(c3c(C(=O)N4CCOCC4)cc(Br)cc3C(F)(F)F)C2)C1F. The van der Waals surface area contributed by atoms with Crippen molar-refractivity contribution in [1.29, 1.82) is 0 Å². The quantitative estimate of drug-likeness (QED) is 0.480. The second-order valence-corrected chi connectivity index (χ2v) is 11.7. The van der Waals surface area contributed by atoms with Gasteiger partial charge in [-0.1, -0.05) is 15.9 Å². The number of nitrogens with one attached hydrogen (secondary N) is 2. The van der Waals surface area contributed by atoms with Crippen molar-refractivity contribution in [2.24, 2.45) is 11.8 Å². The van der Waals surface area contributed by atoms with E-state index in [0.29, 0.717) is 0 Å². The predicted molar refractivity (Wildman–Crippen MR) is 138 cm³/mol. The van der Waals surface area contributed by atoms with E-state index < -0.39 is 96.5 Å². The number of ether oxygens (including phenoxy) is 1. The van der Waals surface area contributed by atoms with Crippen molar-refractivity contribution < 1.29 is 50.3 Å². The first-order valence-electron chi connectivity index (χ1n) is 13.4. The molecule has 7 atom stereocenters. The summed E-state index contributed by atoms with van der Waals surface area (Å²) < 4.78 is 91.3. The molecule has 3 heterocycles. The van der Waals surface area contributed by atoms with Crippen LogP contribution in [-0.4, -0.2) is 92.0 Å². The highest BCUT2D eigenvalue weighted by Gasteiger charge is 2.54. The molecule has 1 saturated carbocycles. The van der Waals surface area contributed by atoms with Crippen LogP contribution >= 0.6 is 15.9 Å². The van der Waals surface area contributed by atoms with Crippen LogP contribution in [0, 0.1) is 11.8 Å². The fourth-order valence-corrected chi connectivity index (χ4v) is 6.67. The first kappa shape index (κ1) is 30.6. The van der Waals surface area contributed by atoms with Crippen LogP contribution in [-0.2, 0) is 25.3 Å². The molecule has 5 rings (SSSR count). The largest absolute Gasteiger partial charge is 0.418 e. The highest BCUT2D eigenvalue weighted by molar-refractivity contribution is 9.10. The lowest BCUT2D eigenvalue weighted by Crippen LogP contribution is -2.65. The number of hydrogen-bond acceptors (Lipinski definition) is 5. The zero-order chi connectivity index (χ0) is 30.5. The Bertz CT molecular complexity index is 1280. The Hall–Kier alpha value is -2.88. The van der Waals surface area contributed by atoms with Gasteiger partial charge < -0.3 is 25.2 Å². The molecule has 1 aromatic rings. The first-order chi connectivity index (χ1) is 19.8. The number of carbonyl (C=O) groups excluding carboxylic acids is 4. The Morgan fingerprint density at radius 1 is 1.07 bits per heavy atom. The molecule has 0 spiro atoms. The van der Waals surface area contributed by atoms with Gasteiger partial charge >= 0.3 is 6.18 Å². The van der Waals surface area contributed by atoms with Crippen LogP contribution < -0.4 is 15.5 Å². The van der Waals surface area contributed by atoms with Crippen molar-refractivity contribution in [3.63, 3.8) is 0 Å². The number of rotatable bonds is 4. The molecule has 0 aromatic heterocycles. The number of hydrogen-bond donors (Lipinski definition) is 2. The zero-order valence-electron chi connectivity index (χ0n) is 21.9. The lowest BCUT2D eigenvalue weighted by atomic mass is 9.70. The van der Waals surface area contributed by atoms with Gasteiger partial charge in [0.05, 0.1) is 48.0 Å². The van der Waals surface area contributed by atoms with Gasteiger partial charge in [-0.2, -0.15) is 13.2 Å². The van der Waals surface area contributed by atoms with Gasteiger partial charge in [0.1, 0.15) is 6.17 Å². The molecule has 6 unspecified atom stereocenters. The van der Waals surface area contributed by atoms with E-state index in [2.05, 4.69) is 26.6 Å². The molecule has 4 aliphatic rings. The summed E-state index contributed by atoms with van der Waals surface area (Å²) in [4.78, 5) is 53.9. The van der Waals surface area contributed by atoms with Crippen LogP contribution in [0.5, 0.6) is 0 Å². The number of piperidine rings is 1. The maximum absolute atomic E-state index is 15.0. The molecule has 4 fully saturated rings. The monoisotopic (exact) mass is 668 g/mol. The van der Waals surface area contributed by atoms with Crippen LogP contribution in [0.4, 0.5) is 32.0 Å². The number of carbonyl (C=O) groups is 4. The minimum Gasteiger partial charge on any atom is -0.378 e. The third-order valence-electron chi connectivity index (χ3n) is 8.21. The number of morpholine rings is 1. The van der Waals surface area contributed by atoms with Gasteiger partial charge in [0.2, 0.25) is 11.8 Å². The summed E-state index contributed by atoms with van der Waals surface area (Å²) in [5, 5.41) is 4.54. The summed E-state index contributed by atoms with van der Waals surface area (Å²) >= 11 is 3.02. The normalized spacial score (nSPS) is 31.9. The van der Waals surface area contributed by atoms with Crippen molar-refractivity contribution in [3.8, 4) is 0 Å². The third kappa shape index (κ3) is 5.71. The van der Waals surface area contributed by atoms with E-state index in [1.54, 1.807) is 0 Å². The van der Waals surface area contributed by atoms with Crippen molar-refractivity contribution in [2.45, 2.75) is 56.0 Å². The van der Waals surface area contributed by atoms with Crippen LogP contribution in [0.3, 0.4) is 0 Å².